The van der Waals surface area contributed by atoms with Crippen molar-refractivity contribution in [2.75, 3.05) is 39.5 Å². The van der Waals surface area contributed by atoms with Crippen molar-refractivity contribution in [1.29, 1.82) is 0 Å². The first-order chi connectivity index (χ1) is 36.5. The molecule has 1 aliphatic carbocycles. The molecular formula is C51H70FN5O19. The lowest BCUT2D eigenvalue weighted by molar-refractivity contribution is -0.349. The summed E-state index contributed by atoms with van der Waals surface area (Å²) in [7, 11) is 0. The van der Waals surface area contributed by atoms with Crippen LogP contribution in [0.15, 0.2) is 60.8 Å². The van der Waals surface area contributed by atoms with Gasteiger partial charge in [-0.05, 0) is 62.8 Å². The first kappa shape index (κ1) is 57.5. The minimum atomic E-state index is -1.73. The highest BCUT2D eigenvalue weighted by Crippen LogP contribution is 2.39. The number of hydrogen-bond donors (Lipinski definition) is 9. The van der Waals surface area contributed by atoms with Crippen molar-refractivity contribution in [2.45, 2.75) is 163 Å². The van der Waals surface area contributed by atoms with Crippen molar-refractivity contribution in [3.63, 3.8) is 0 Å². The molecule has 12 unspecified atom stereocenters. The van der Waals surface area contributed by atoms with E-state index in [0.717, 1.165) is 6.42 Å². The number of carbonyl (C=O) groups is 3. The van der Waals surface area contributed by atoms with Crippen LogP contribution in [-0.2, 0) is 47.5 Å². The van der Waals surface area contributed by atoms with Crippen molar-refractivity contribution < 1.29 is 97.5 Å². The number of nitrogens with zero attached hydrogens (tertiary/aromatic N) is 4. The van der Waals surface area contributed by atoms with E-state index >= 15 is 0 Å². The van der Waals surface area contributed by atoms with Gasteiger partial charge in [0.1, 0.15) is 78.6 Å². The van der Waals surface area contributed by atoms with Gasteiger partial charge in [0.05, 0.1) is 49.9 Å². The number of rotatable bonds is 20. The maximum Gasteiger partial charge on any atom is 0.338 e. The van der Waals surface area contributed by atoms with E-state index in [-0.39, 0.29) is 49.6 Å². The normalized spacial score (nSPS) is 36.2. The van der Waals surface area contributed by atoms with Crippen molar-refractivity contribution in [2.24, 2.45) is 11.8 Å². The van der Waals surface area contributed by atoms with Gasteiger partial charge in [-0.25, -0.2) is 13.9 Å². The van der Waals surface area contributed by atoms with Crippen LogP contribution in [0.5, 0.6) is 0 Å². The van der Waals surface area contributed by atoms with Crippen molar-refractivity contribution in [1.82, 2.24) is 25.2 Å². The Bertz CT molecular complexity index is 2370. The molecule has 420 valence electrons. The first-order valence-corrected chi connectivity index (χ1v) is 25.9. The fraction of sp³-hybridized carbons (Fsp3) is 0.667. The van der Waals surface area contributed by atoms with Gasteiger partial charge >= 0.3 is 5.97 Å². The van der Waals surface area contributed by atoms with E-state index in [1.807, 2.05) is 6.92 Å². The lowest BCUT2D eigenvalue weighted by Gasteiger charge is -2.48. The molecule has 1 saturated carbocycles. The van der Waals surface area contributed by atoms with E-state index in [0.29, 0.717) is 25.1 Å². The number of halogens is 1. The maximum atomic E-state index is 14.2. The second-order valence-electron chi connectivity index (χ2n) is 20.1. The van der Waals surface area contributed by atoms with Gasteiger partial charge in [-0.3, -0.25) is 9.59 Å². The van der Waals surface area contributed by atoms with E-state index in [1.165, 1.54) is 48.1 Å². The molecule has 5 heterocycles. The Balaban J connectivity index is 1.01. The third kappa shape index (κ3) is 12.9. The van der Waals surface area contributed by atoms with E-state index in [4.69, 9.17) is 37.9 Å². The van der Waals surface area contributed by atoms with Crippen LogP contribution in [0, 0.1) is 17.7 Å². The molecule has 25 heteroatoms. The zero-order valence-corrected chi connectivity index (χ0v) is 42.3. The average molecular weight is 1080 g/mol. The summed E-state index contributed by atoms with van der Waals surface area (Å²) in [6, 6.07) is 12.3. The molecule has 0 radical (unpaired) electrons. The Labute approximate surface area is 437 Å². The second-order valence-corrected chi connectivity index (χ2v) is 20.1. The topological polar surface area (TPSA) is 333 Å². The summed E-state index contributed by atoms with van der Waals surface area (Å²) in [6.07, 6.45) is -21.4. The molecule has 9 N–H and O–H groups in total. The smallest absolute Gasteiger partial charge is 0.338 e. The predicted molar refractivity (Wildman–Crippen MR) is 257 cm³/mol. The molecule has 0 bridgehead atoms. The molecule has 5 fully saturated rings. The van der Waals surface area contributed by atoms with Crippen LogP contribution in [0.1, 0.15) is 69.3 Å². The molecule has 8 rings (SSSR count). The Kier molecular flexibility index (Phi) is 19.6. The molecule has 20 atom stereocenters. The largest absolute Gasteiger partial charge is 0.450 e. The van der Waals surface area contributed by atoms with Gasteiger partial charge in [0, 0.05) is 31.1 Å². The third-order valence-electron chi connectivity index (χ3n) is 14.7. The Hall–Kier alpha value is -4.68. The number of ether oxygens (including phenoxy) is 8. The van der Waals surface area contributed by atoms with E-state index in [1.54, 1.807) is 36.1 Å². The number of likely N-dealkylation sites (tertiary alicyclic amines) is 1. The number of esters is 1. The quantitative estimate of drug-likeness (QED) is 0.0481. The fourth-order valence-electron chi connectivity index (χ4n) is 10.3. The molecule has 76 heavy (non-hydrogen) atoms. The van der Waals surface area contributed by atoms with Crippen molar-refractivity contribution in [3.05, 3.63) is 72.2 Å². The molecule has 1 aromatic heterocycles. The number of aromatic nitrogens is 3. The molecule has 0 spiro atoms. The van der Waals surface area contributed by atoms with Crippen LogP contribution in [0.4, 0.5) is 4.39 Å². The third-order valence-corrected chi connectivity index (χ3v) is 14.7. The van der Waals surface area contributed by atoms with Crippen LogP contribution < -0.4 is 5.32 Å². The predicted octanol–water partition coefficient (Wildman–Crippen LogP) is -1.07. The number of hydrogen-bond acceptors (Lipinski definition) is 21. The number of benzene rings is 2. The van der Waals surface area contributed by atoms with Gasteiger partial charge < -0.3 is 89.0 Å². The van der Waals surface area contributed by atoms with Gasteiger partial charge in [-0.1, -0.05) is 55.8 Å². The maximum absolute atomic E-state index is 14.2. The molecule has 2 amide bonds. The van der Waals surface area contributed by atoms with Crippen molar-refractivity contribution in [3.8, 4) is 11.3 Å². The Morgan fingerprint density at radius 1 is 0.803 bits per heavy atom. The summed E-state index contributed by atoms with van der Waals surface area (Å²) in [5.74, 6) is -3.65. The monoisotopic (exact) mass is 1080 g/mol. The Morgan fingerprint density at radius 3 is 2.21 bits per heavy atom. The van der Waals surface area contributed by atoms with E-state index in [9.17, 15) is 59.6 Å². The minimum Gasteiger partial charge on any atom is -0.450 e. The summed E-state index contributed by atoms with van der Waals surface area (Å²) in [4.78, 5) is 43.4. The Morgan fingerprint density at radius 2 is 1.53 bits per heavy atom. The molecule has 4 aliphatic heterocycles. The SMILES string of the molecule is CCC[C@H](OC1C(OC(=O)c2ccccc2)[C@H](O[C@@H]2CC(C(=O)NCCO[C@H]3OC(CO)[C@@H](O)C(n4cc(-c5cccc(F)c5)nn4)C3O)CC(C)C2O[C@@H]2OC(C)[C@@H](O)C(O)C2O)OC(CO)[C@@H]1O)C(=O)N1CCC1. The first-order valence-electron chi connectivity index (χ1n) is 25.9. The van der Waals surface area contributed by atoms with Gasteiger partial charge in [-0.2, -0.15) is 0 Å². The highest BCUT2D eigenvalue weighted by atomic mass is 19.1. The van der Waals surface area contributed by atoms with Gasteiger partial charge in [-0.15, -0.1) is 5.10 Å². The molecule has 24 nitrogen and oxygen atoms in total. The lowest BCUT2D eigenvalue weighted by atomic mass is 9.77. The summed E-state index contributed by atoms with van der Waals surface area (Å²) >= 11 is 0. The van der Waals surface area contributed by atoms with Crippen LogP contribution in [0.25, 0.3) is 11.3 Å². The van der Waals surface area contributed by atoms with E-state index < -0.39 is 153 Å². The number of carbonyl (C=O) groups excluding carboxylic acids is 3. The second kappa shape index (κ2) is 25.9. The lowest BCUT2D eigenvalue weighted by Crippen LogP contribution is -2.64. The van der Waals surface area contributed by atoms with Crippen LogP contribution in [-0.4, -0.2) is 222 Å². The highest BCUT2D eigenvalue weighted by Gasteiger charge is 2.54. The summed E-state index contributed by atoms with van der Waals surface area (Å²) in [6.45, 7) is 4.28. The van der Waals surface area contributed by atoms with Gasteiger partial charge in [0.25, 0.3) is 5.91 Å². The molecule has 4 saturated heterocycles. The summed E-state index contributed by atoms with van der Waals surface area (Å²) < 4.78 is 64.4. The number of aliphatic hydroxyl groups excluding tert-OH is 8. The van der Waals surface area contributed by atoms with E-state index in [2.05, 4.69) is 15.6 Å². The van der Waals surface area contributed by atoms with Crippen LogP contribution in [0.2, 0.25) is 0 Å². The molecule has 3 aromatic rings. The summed E-state index contributed by atoms with van der Waals surface area (Å²) in [5, 5.41) is 98.2. The zero-order valence-electron chi connectivity index (χ0n) is 42.3. The fourth-order valence-corrected chi connectivity index (χ4v) is 10.3. The van der Waals surface area contributed by atoms with Crippen molar-refractivity contribution >= 4 is 17.8 Å². The highest BCUT2D eigenvalue weighted by molar-refractivity contribution is 5.89. The van der Waals surface area contributed by atoms with Crippen LogP contribution >= 0.6 is 0 Å². The zero-order chi connectivity index (χ0) is 54.4. The number of aliphatic hydroxyl groups is 8. The summed E-state index contributed by atoms with van der Waals surface area (Å²) in [5.41, 5.74) is 0.757. The number of amides is 2. The number of nitrogens with one attached hydrogen (secondary N) is 1. The van der Waals surface area contributed by atoms with Crippen LogP contribution in [0.3, 0.4) is 0 Å². The molecule has 5 aliphatic rings. The molecule has 2 aromatic carbocycles. The average Bonchev–Trinajstić information content (AvgIpc) is 3.90. The minimum absolute atomic E-state index is 0.119. The standard InChI is InChI=1S/C51H70FN5O19/c1-4-10-32(47(67)56-16-9-17-56)71-44-39(62)35(24-59)74-51(45(44)75-48(68)27-11-6-5-7-12-27)72-33-21-29(19-25(2)43(33)76-50-42(65)41(64)37(60)26(3)70-50)46(66)53-15-18-69-49-40(63)36(38(61)34(23-58)73-49)57-22-31(54-55-57)28-13-8-14-30(52)20-28/h5-8,11-14,20,22,25-26,29,32-45,49-51,58-65H,4,9-10,15-19,21,23-24H2,1-3H3,(H,53,66)/t25?,26?,29?,32-,33+,34?,35?,36?,37+,38+,39-,40?,41?,42?,43?,44?,45?,49-,50-,51+/m0/s1. The molecular weight excluding hydrogens is 1010 g/mol. The van der Waals surface area contributed by atoms with Gasteiger partial charge in [0.2, 0.25) is 5.91 Å². The van der Waals surface area contributed by atoms with Gasteiger partial charge in [0.15, 0.2) is 25.0 Å².